The van der Waals surface area contributed by atoms with Crippen molar-refractivity contribution in [2.75, 3.05) is 12.5 Å². The van der Waals surface area contributed by atoms with E-state index in [9.17, 15) is 14.9 Å². The number of nitrogens with zero attached hydrogens (tertiary/aromatic N) is 1. The van der Waals surface area contributed by atoms with Crippen LogP contribution < -0.4 is 0 Å². The maximum Gasteiger partial charge on any atom is 0.335 e. The smallest absolute Gasteiger partial charge is 0.335 e. The van der Waals surface area contributed by atoms with Gasteiger partial charge in [-0.25, -0.2) is 4.79 Å². The van der Waals surface area contributed by atoms with Crippen molar-refractivity contribution >= 4 is 23.3 Å². The first kappa shape index (κ1) is 15.9. The predicted molar refractivity (Wildman–Crippen MR) is 65.6 cm³/mol. The number of carboxylic acids is 1. The van der Waals surface area contributed by atoms with Crippen molar-refractivity contribution in [2.24, 2.45) is 0 Å². The Bertz CT molecular complexity index is 420. The zero-order chi connectivity index (χ0) is 14.0. The van der Waals surface area contributed by atoms with E-state index in [0.29, 0.717) is 5.88 Å². The highest BCUT2D eigenvalue weighted by Crippen LogP contribution is 2.11. The maximum atomic E-state index is 10.3. The Kier molecular flexibility index (Phi) is 7.94. The first-order valence-corrected chi connectivity index (χ1v) is 5.16. The van der Waals surface area contributed by atoms with E-state index in [-0.39, 0.29) is 17.9 Å². The summed E-state index contributed by atoms with van der Waals surface area (Å²) in [5, 5.41) is 26.5. The fraction of sp³-hybridized carbons (Fsp3) is 0.182. The number of aliphatic hydroxyl groups excluding tert-OH is 1. The summed E-state index contributed by atoms with van der Waals surface area (Å²) in [5.74, 6) is 4.05. The molecule has 1 aromatic carbocycles. The molecule has 0 aromatic heterocycles. The molecule has 0 aliphatic heterocycles. The number of nitro groups is 1. The van der Waals surface area contributed by atoms with Crippen LogP contribution in [0.2, 0.25) is 0 Å². The summed E-state index contributed by atoms with van der Waals surface area (Å²) >= 11 is 5.10. The summed E-state index contributed by atoms with van der Waals surface area (Å²) in [7, 11) is 0. The number of aromatic carboxylic acids is 1. The molecule has 0 radical (unpaired) electrons. The summed E-state index contributed by atoms with van der Waals surface area (Å²) in [6.45, 7) is -0.0906. The lowest BCUT2D eigenvalue weighted by Gasteiger charge is -1.92. The second kappa shape index (κ2) is 8.98. The van der Waals surface area contributed by atoms with Crippen molar-refractivity contribution in [1.29, 1.82) is 0 Å². The van der Waals surface area contributed by atoms with E-state index >= 15 is 0 Å². The molecule has 1 aromatic rings. The second-order valence-corrected chi connectivity index (χ2v) is 3.02. The highest BCUT2D eigenvalue weighted by atomic mass is 35.5. The fourth-order valence-corrected chi connectivity index (χ4v) is 0.923. The molecule has 0 saturated carbocycles. The molecular weight excluding hydrogens is 262 g/mol. The minimum Gasteiger partial charge on any atom is -0.478 e. The number of halogens is 1. The number of aliphatic hydroxyl groups is 1. The van der Waals surface area contributed by atoms with Crippen LogP contribution in [0.25, 0.3) is 0 Å². The highest BCUT2D eigenvalue weighted by molar-refractivity contribution is 6.19. The van der Waals surface area contributed by atoms with Gasteiger partial charge in [0.05, 0.1) is 16.4 Å². The van der Waals surface area contributed by atoms with Gasteiger partial charge in [-0.05, 0) is 12.1 Å². The summed E-state index contributed by atoms with van der Waals surface area (Å²) in [4.78, 5) is 19.9. The average molecular weight is 272 g/mol. The zero-order valence-corrected chi connectivity index (χ0v) is 9.92. The molecule has 0 unspecified atom stereocenters. The van der Waals surface area contributed by atoms with E-state index in [0.717, 1.165) is 12.1 Å². The minimum absolute atomic E-state index is 0.0422. The van der Waals surface area contributed by atoms with Crippen LogP contribution in [0, 0.1) is 22.0 Å². The topological polar surface area (TPSA) is 101 Å². The zero-order valence-electron chi connectivity index (χ0n) is 9.17. The Hall–Kier alpha value is -2.10. The third-order valence-electron chi connectivity index (χ3n) is 1.60. The molecule has 0 saturated heterocycles. The number of hydrogen-bond donors (Lipinski definition) is 2. The van der Waals surface area contributed by atoms with Crippen molar-refractivity contribution in [2.45, 2.75) is 0 Å². The molecule has 0 fully saturated rings. The van der Waals surface area contributed by atoms with E-state index in [2.05, 4.69) is 11.8 Å². The first-order chi connectivity index (χ1) is 8.52. The van der Waals surface area contributed by atoms with Crippen LogP contribution in [0.3, 0.4) is 0 Å². The predicted octanol–water partition coefficient (Wildman–Crippen LogP) is 1.51. The van der Waals surface area contributed by atoms with E-state index < -0.39 is 10.9 Å². The fourth-order valence-electron chi connectivity index (χ4n) is 0.829. The standard InChI is InChI=1S/C7H5NO4.C4H5ClO/c9-7(10)5-1-3-6(4-2-5)8(11)12;5-3-1-2-4-6/h1-4H,(H,9,10);6H,3-4H2. The Labute approximate surface area is 108 Å². The number of benzene rings is 1. The summed E-state index contributed by atoms with van der Waals surface area (Å²) < 4.78 is 0. The monoisotopic (exact) mass is 271 g/mol. The Balaban J connectivity index is 0.000000411. The number of alkyl halides is 1. The maximum absolute atomic E-state index is 10.3. The Morgan fingerprint density at radius 3 is 2.17 bits per heavy atom. The quantitative estimate of drug-likeness (QED) is 0.367. The minimum atomic E-state index is -1.09. The molecule has 1 rings (SSSR count). The van der Waals surface area contributed by atoms with Gasteiger partial charge in [-0.3, -0.25) is 10.1 Å². The van der Waals surface area contributed by atoms with Gasteiger partial charge >= 0.3 is 5.97 Å². The van der Waals surface area contributed by atoms with Crippen LogP contribution in [0.4, 0.5) is 5.69 Å². The molecule has 0 heterocycles. The average Bonchev–Trinajstić information content (AvgIpc) is 2.37. The number of carbonyl (C=O) groups is 1. The third-order valence-corrected chi connectivity index (χ3v) is 1.73. The van der Waals surface area contributed by atoms with Crippen molar-refractivity contribution < 1.29 is 19.9 Å². The molecule has 96 valence electrons. The number of carboxylic acid groups (broad SMARTS) is 1. The molecule has 0 bridgehead atoms. The molecule has 0 atom stereocenters. The van der Waals surface area contributed by atoms with Crippen LogP contribution in [0.5, 0.6) is 0 Å². The van der Waals surface area contributed by atoms with Crippen LogP contribution in [0.15, 0.2) is 24.3 Å². The van der Waals surface area contributed by atoms with Crippen molar-refractivity contribution in [1.82, 2.24) is 0 Å². The van der Waals surface area contributed by atoms with Gasteiger partial charge in [-0.1, -0.05) is 11.8 Å². The number of hydrogen-bond acceptors (Lipinski definition) is 4. The molecule has 0 aliphatic carbocycles. The summed E-state index contributed by atoms with van der Waals surface area (Å²) in [6.07, 6.45) is 0. The molecule has 18 heavy (non-hydrogen) atoms. The summed E-state index contributed by atoms with van der Waals surface area (Å²) in [6, 6.07) is 4.70. The van der Waals surface area contributed by atoms with Gasteiger partial charge in [-0.2, -0.15) is 0 Å². The number of non-ortho nitro benzene ring substituents is 1. The normalized spacial score (nSPS) is 8.33. The molecule has 7 heteroatoms. The van der Waals surface area contributed by atoms with Crippen molar-refractivity contribution in [3.63, 3.8) is 0 Å². The summed E-state index contributed by atoms with van der Waals surface area (Å²) in [5.41, 5.74) is -0.0689. The first-order valence-electron chi connectivity index (χ1n) is 4.63. The van der Waals surface area contributed by atoms with Crippen LogP contribution >= 0.6 is 11.6 Å². The van der Waals surface area contributed by atoms with E-state index in [1.807, 2.05) is 0 Å². The highest BCUT2D eigenvalue weighted by Gasteiger charge is 2.06. The van der Waals surface area contributed by atoms with Gasteiger partial charge in [0.25, 0.3) is 5.69 Å². The van der Waals surface area contributed by atoms with Crippen LogP contribution in [0.1, 0.15) is 10.4 Å². The molecule has 0 spiro atoms. The van der Waals surface area contributed by atoms with Gasteiger partial charge < -0.3 is 10.2 Å². The second-order valence-electron chi connectivity index (χ2n) is 2.75. The molecule has 6 nitrogen and oxygen atoms in total. The lowest BCUT2D eigenvalue weighted by atomic mass is 10.2. The van der Waals surface area contributed by atoms with Crippen LogP contribution in [-0.4, -0.2) is 33.6 Å². The lowest BCUT2D eigenvalue weighted by molar-refractivity contribution is -0.384. The number of nitro benzene ring substituents is 1. The van der Waals surface area contributed by atoms with Gasteiger partial charge in [-0.15, -0.1) is 11.6 Å². The van der Waals surface area contributed by atoms with E-state index in [1.165, 1.54) is 12.1 Å². The molecule has 0 aliphatic rings. The molecular formula is C11H10ClNO5. The van der Waals surface area contributed by atoms with Crippen LogP contribution in [-0.2, 0) is 0 Å². The molecule has 0 amide bonds. The van der Waals surface area contributed by atoms with E-state index in [4.69, 9.17) is 21.8 Å². The van der Waals surface area contributed by atoms with E-state index in [1.54, 1.807) is 0 Å². The van der Waals surface area contributed by atoms with Gasteiger partial charge in [0.1, 0.15) is 6.61 Å². The van der Waals surface area contributed by atoms with Crippen molar-refractivity contribution in [3.05, 3.63) is 39.9 Å². The van der Waals surface area contributed by atoms with Crippen molar-refractivity contribution in [3.8, 4) is 11.8 Å². The molecule has 2 N–H and O–H groups in total. The largest absolute Gasteiger partial charge is 0.478 e. The lowest BCUT2D eigenvalue weighted by Crippen LogP contribution is -1.96. The van der Waals surface area contributed by atoms with Gasteiger partial charge in [0.2, 0.25) is 0 Å². The Morgan fingerprint density at radius 1 is 1.33 bits per heavy atom. The Morgan fingerprint density at radius 2 is 1.89 bits per heavy atom. The number of rotatable bonds is 2. The van der Waals surface area contributed by atoms with Gasteiger partial charge in [0.15, 0.2) is 0 Å². The SMILES string of the molecule is O=C(O)c1ccc([N+](=O)[O-])cc1.OCC#CCCl. The third kappa shape index (κ3) is 6.48. The van der Waals surface area contributed by atoms with Gasteiger partial charge in [0, 0.05) is 12.1 Å².